The van der Waals surface area contributed by atoms with Gasteiger partial charge in [0.15, 0.2) is 0 Å². The molecular weight excluding hydrogens is 300 g/mol. The van der Waals surface area contributed by atoms with E-state index in [4.69, 9.17) is 0 Å². The van der Waals surface area contributed by atoms with Crippen LogP contribution < -0.4 is 9.62 Å². The van der Waals surface area contributed by atoms with E-state index in [-0.39, 0.29) is 6.04 Å². The first kappa shape index (κ1) is 15.7. The van der Waals surface area contributed by atoms with Gasteiger partial charge in [-0.3, -0.25) is 0 Å². The summed E-state index contributed by atoms with van der Waals surface area (Å²) in [5.41, 5.74) is 0.984. The molecule has 2 fully saturated rings. The predicted octanol–water partition coefficient (Wildman–Crippen LogP) is 1.29. The second-order valence-corrected chi connectivity index (χ2v) is 7.85. The van der Waals surface area contributed by atoms with Gasteiger partial charge in [0, 0.05) is 37.9 Å². The number of aromatic nitrogens is 1. The van der Waals surface area contributed by atoms with Crippen molar-refractivity contribution >= 4 is 16.0 Å². The molecule has 0 aromatic carbocycles. The van der Waals surface area contributed by atoms with Gasteiger partial charge in [-0.2, -0.15) is 17.4 Å². The van der Waals surface area contributed by atoms with Gasteiger partial charge in [0.25, 0.3) is 10.2 Å². The van der Waals surface area contributed by atoms with E-state index in [9.17, 15) is 8.42 Å². The Morgan fingerprint density at radius 3 is 2.68 bits per heavy atom. The zero-order valence-corrected chi connectivity index (χ0v) is 13.8. The number of aryl methyl sites for hydroxylation is 1. The molecule has 2 aliphatic rings. The molecule has 2 aliphatic heterocycles. The van der Waals surface area contributed by atoms with E-state index in [2.05, 4.69) is 14.6 Å². The van der Waals surface area contributed by atoms with E-state index in [0.717, 1.165) is 43.7 Å². The maximum atomic E-state index is 12.4. The summed E-state index contributed by atoms with van der Waals surface area (Å²) in [5, 5.41) is 0. The molecule has 0 spiro atoms. The van der Waals surface area contributed by atoms with E-state index in [1.807, 2.05) is 25.1 Å². The molecule has 1 atom stereocenters. The lowest BCUT2D eigenvalue weighted by Gasteiger charge is -2.34. The Labute approximate surface area is 132 Å². The second kappa shape index (κ2) is 6.52. The van der Waals surface area contributed by atoms with Gasteiger partial charge in [-0.05, 0) is 44.7 Å². The molecule has 6 nitrogen and oxygen atoms in total. The molecule has 3 rings (SSSR count). The highest BCUT2D eigenvalue weighted by Crippen LogP contribution is 2.20. The summed E-state index contributed by atoms with van der Waals surface area (Å²) in [5.74, 6) is 0.935. The first-order chi connectivity index (χ1) is 10.5. The topological polar surface area (TPSA) is 65.5 Å². The number of nitrogens with one attached hydrogen (secondary N) is 1. The maximum absolute atomic E-state index is 12.4. The van der Waals surface area contributed by atoms with Crippen molar-refractivity contribution in [3.63, 3.8) is 0 Å². The molecule has 3 heterocycles. The highest BCUT2D eigenvalue weighted by Gasteiger charge is 2.30. The Bertz CT molecular complexity index is 614. The van der Waals surface area contributed by atoms with E-state index in [1.54, 1.807) is 4.31 Å². The van der Waals surface area contributed by atoms with Gasteiger partial charge in [0.05, 0.1) is 0 Å². The van der Waals surface area contributed by atoms with Gasteiger partial charge in [-0.15, -0.1) is 0 Å². The fourth-order valence-electron chi connectivity index (χ4n) is 3.20. The minimum Gasteiger partial charge on any atom is -0.355 e. The maximum Gasteiger partial charge on any atom is 0.279 e. The first-order valence-corrected chi connectivity index (χ1v) is 9.45. The quantitative estimate of drug-likeness (QED) is 0.906. The van der Waals surface area contributed by atoms with Crippen molar-refractivity contribution in [2.24, 2.45) is 0 Å². The molecule has 1 aromatic rings. The van der Waals surface area contributed by atoms with E-state index < -0.39 is 10.2 Å². The average molecular weight is 324 g/mol. The average Bonchev–Trinajstić information content (AvgIpc) is 3.02. The summed E-state index contributed by atoms with van der Waals surface area (Å²) in [4.78, 5) is 6.72. The van der Waals surface area contributed by atoms with Crippen molar-refractivity contribution < 1.29 is 8.42 Å². The molecule has 1 N–H and O–H groups in total. The van der Waals surface area contributed by atoms with Crippen LogP contribution in [0.1, 0.15) is 31.4 Å². The van der Waals surface area contributed by atoms with Gasteiger partial charge in [0.1, 0.15) is 5.82 Å². The molecule has 7 heteroatoms. The standard InChI is InChI=1S/C15H24N4O2S/c1-13-6-4-8-15(16-13)18-9-5-7-14(12-18)17-22(20,21)19-10-2-3-11-19/h4,6,8,14,17H,2-3,5,7,9-12H2,1H3/t14-/m1/s1. The highest BCUT2D eigenvalue weighted by atomic mass is 32.2. The zero-order chi connectivity index (χ0) is 15.6. The van der Waals surface area contributed by atoms with Crippen LogP contribution in [0, 0.1) is 6.92 Å². The third-order valence-corrected chi connectivity index (χ3v) is 6.02. The van der Waals surface area contributed by atoms with Crippen molar-refractivity contribution in [1.82, 2.24) is 14.0 Å². The lowest BCUT2D eigenvalue weighted by Crippen LogP contribution is -2.51. The molecule has 1 aromatic heterocycles. The van der Waals surface area contributed by atoms with Gasteiger partial charge in [0.2, 0.25) is 0 Å². The molecule has 0 radical (unpaired) electrons. The lowest BCUT2D eigenvalue weighted by molar-refractivity contribution is 0.424. The third-order valence-electron chi connectivity index (χ3n) is 4.34. The fraction of sp³-hybridized carbons (Fsp3) is 0.667. The molecule has 0 saturated carbocycles. The van der Waals surface area contributed by atoms with Crippen molar-refractivity contribution in [3.8, 4) is 0 Å². The van der Waals surface area contributed by atoms with Crippen molar-refractivity contribution in [2.75, 3.05) is 31.1 Å². The monoisotopic (exact) mass is 324 g/mol. The zero-order valence-electron chi connectivity index (χ0n) is 13.0. The number of hydrogen-bond donors (Lipinski definition) is 1. The smallest absolute Gasteiger partial charge is 0.279 e. The van der Waals surface area contributed by atoms with Crippen LogP contribution in [-0.4, -0.2) is 49.9 Å². The molecule has 0 amide bonds. The van der Waals surface area contributed by atoms with Crippen LogP contribution >= 0.6 is 0 Å². The third kappa shape index (κ3) is 3.59. The Morgan fingerprint density at radius 1 is 1.18 bits per heavy atom. The Balaban J connectivity index is 1.65. The van der Waals surface area contributed by atoms with Crippen LogP contribution in [0.4, 0.5) is 5.82 Å². The van der Waals surface area contributed by atoms with Gasteiger partial charge >= 0.3 is 0 Å². The van der Waals surface area contributed by atoms with E-state index in [1.165, 1.54) is 0 Å². The van der Waals surface area contributed by atoms with E-state index >= 15 is 0 Å². The second-order valence-electron chi connectivity index (χ2n) is 6.15. The highest BCUT2D eigenvalue weighted by molar-refractivity contribution is 7.87. The van der Waals surface area contributed by atoms with Gasteiger partial charge in [-0.25, -0.2) is 4.98 Å². The van der Waals surface area contributed by atoms with Crippen LogP contribution in [0.15, 0.2) is 18.2 Å². The SMILES string of the molecule is Cc1cccc(N2CCC[C@@H](NS(=O)(=O)N3CCCC3)C2)n1. The Morgan fingerprint density at radius 2 is 1.95 bits per heavy atom. The van der Waals surface area contributed by atoms with Gasteiger partial charge in [-0.1, -0.05) is 6.07 Å². The molecule has 2 saturated heterocycles. The first-order valence-electron chi connectivity index (χ1n) is 8.00. The summed E-state index contributed by atoms with van der Waals surface area (Å²) < 4.78 is 29.2. The minimum absolute atomic E-state index is 0.0401. The van der Waals surface area contributed by atoms with Gasteiger partial charge < -0.3 is 4.90 Å². The molecule has 22 heavy (non-hydrogen) atoms. The molecular formula is C15H24N4O2S. The van der Waals surface area contributed by atoms with E-state index in [0.29, 0.717) is 19.6 Å². The summed E-state index contributed by atoms with van der Waals surface area (Å²) >= 11 is 0. The summed E-state index contributed by atoms with van der Waals surface area (Å²) in [7, 11) is -3.34. The van der Waals surface area contributed by atoms with Crippen molar-refractivity contribution in [2.45, 2.75) is 38.6 Å². The summed E-state index contributed by atoms with van der Waals surface area (Å²) in [6, 6.07) is 5.92. The van der Waals surface area contributed by atoms with Crippen LogP contribution in [-0.2, 0) is 10.2 Å². The van der Waals surface area contributed by atoms with Crippen molar-refractivity contribution in [3.05, 3.63) is 23.9 Å². The number of nitrogens with zero attached hydrogens (tertiary/aromatic N) is 3. The number of pyridine rings is 1. The van der Waals surface area contributed by atoms with Crippen LogP contribution in [0.2, 0.25) is 0 Å². The molecule has 0 aliphatic carbocycles. The molecule has 122 valence electrons. The van der Waals surface area contributed by atoms with Crippen molar-refractivity contribution in [1.29, 1.82) is 0 Å². The molecule has 0 bridgehead atoms. The number of anilines is 1. The summed E-state index contributed by atoms with van der Waals surface area (Å²) in [6.45, 7) is 4.87. The Kier molecular flexibility index (Phi) is 4.65. The summed E-state index contributed by atoms with van der Waals surface area (Å²) in [6.07, 6.45) is 3.79. The number of rotatable bonds is 4. The van der Waals surface area contributed by atoms with Crippen LogP contribution in [0.5, 0.6) is 0 Å². The predicted molar refractivity (Wildman–Crippen MR) is 87.1 cm³/mol. The molecule has 0 unspecified atom stereocenters. The number of piperidine rings is 1. The minimum atomic E-state index is -3.34. The lowest BCUT2D eigenvalue weighted by atomic mass is 10.1. The van der Waals surface area contributed by atoms with Crippen LogP contribution in [0.25, 0.3) is 0 Å². The normalized spacial score (nSPS) is 23.9. The Hall–Kier alpha value is -1.18. The number of hydrogen-bond acceptors (Lipinski definition) is 4. The van der Waals surface area contributed by atoms with Crippen LogP contribution in [0.3, 0.4) is 0 Å². The fourth-order valence-corrected chi connectivity index (χ4v) is 4.70. The largest absolute Gasteiger partial charge is 0.355 e.